The Morgan fingerprint density at radius 3 is 3.00 bits per heavy atom. The molecule has 1 spiro atoms. The molecule has 4 nitrogen and oxygen atoms in total. The van der Waals surface area contributed by atoms with Crippen LogP contribution in [-0.2, 0) is 14.2 Å². The summed E-state index contributed by atoms with van der Waals surface area (Å²) in [5.74, 6) is -0.595. The van der Waals surface area contributed by atoms with Crippen molar-refractivity contribution in [2.75, 3.05) is 19.8 Å². The van der Waals surface area contributed by atoms with Crippen molar-refractivity contribution < 1.29 is 14.2 Å². The van der Waals surface area contributed by atoms with Gasteiger partial charge in [0.2, 0.25) is 5.79 Å². The van der Waals surface area contributed by atoms with E-state index < -0.39 is 5.79 Å². The molecule has 1 N–H and O–H groups in total. The number of allylic oxidation sites excluding steroid dienone is 2. The third-order valence-corrected chi connectivity index (χ3v) is 3.61. The minimum absolute atomic E-state index is 0.595. The van der Waals surface area contributed by atoms with Crippen LogP contribution in [0.5, 0.6) is 0 Å². The fourth-order valence-corrected chi connectivity index (χ4v) is 2.92. The fraction of sp³-hybridized carbons (Fsp3) is 0.385. The Bertz CT molecular complexity index is 493. The first kappa shape index (κ1) is 9.50. The lowest BCUT2D eigenvalue weighted by Crippen LogP contribution is -2.29. The van der Waals surface area contributed by atoms with Gasteiger partial charge in [0.1, 0.15) is 0 Å². The summed E-state index contributed by atoms with van der Waals surface area (Å²) in [6.45, 7) is 2.16. The van der Waals surface area contributed by atoms with Crippen LogP contribution >= 0.6 is 0 Å². The molecular weight excluding hydrogens is 218 g/mol. The molecule has 0 amide bonds. The van der Waals surface area contributed by atoms with Gasteiger partial charge in [-0.3, -0.25) is 0 Å². The van der Waals surface area contributed by atoms with Gasteiger partial charge in [-0.05, 0) is 17.2 Å². The molecule has 4 heteroatoms. The van der Waals surface area contributed by atoms with Crippen LogP contribution in [0.2, 0.25) is 0 Å². The number of hydrogen-bond donors (Lipinski definition) is 1. The highest BCUT2D eigenvalue weighted by atomic mass is 16.7. The SMILES string of the molecule is C1=CC2=CNCC3=C2C(=CO1)C1(C3)OCCO1. The summed E-state index contributed by atoms with van der Waals surface area (Å²) in [7, 11) is 0. The first-order chi connectivity index (χ1) is 8.39. The van der Waals surface area contributed by atoms with E-state index in [0.717, 1.165) is 24.1 Å². The zero-order valence-corrected chi connectivity index (χ0v) is 9.36. The lowest BCUT2D eigenvalue weighted by Gasteiger charge is -2.24. The first-order valence-electron chi connectivity index (χ1n) is 5.86. The Morgan fingerprint density at radius 2 is 2.12 bits per heavy atom. The van der Waals surface area contributed by atoms with E-state index in [4.69, 9.17) is 14.2 Å². The van der Waals surface area contributed by atoms with Gasteiger partial charge in [-0.15, -0.1) is 0 Å². The molecule has 0 atom stereocenters. The zero-order chi connectivity index (χ0) is 11.3. The van der Waals surface area contributed by atoms with Crippen molar-refractivity contribution in [3.8, 4) is 0 Å². The molecule has 0 saturated carbocycles. The number of hydrogen-bond acceptors (Lipinski definition) is 4. The van der Waals surface area contributed by atoms with Crippen molar-refractivity contribution in [2.24, 2.45) is 0 Å². The zero-order valence-electron chi connectivity index (χ0n) is 9.36. The van der Waals surface area contributed by atoms with E-state index in [-0.39, 0.29) is 0 Å². The monoisotopic (exact) mass is 231 g/mol. The molecule has 88 valence electrons. The molecule has 0 unspecified atom stereocenters. The molecule has 0 radical (unpaired) electrons. The molecule has 17 heavy (non-hydrogen) atoms. The Hall–Kier alpha value is -1.52. The minimum Gasteiger partial charge on any atom is -0.472 e. The molecule has 1 saturated heterocycles. The Labute approximate surface area is 99.2 Å². The van der Waals surface area contributed by atoms with E-state index in [1.807, 2.05) is 12.3 Å². The molecule has 4 aliphatic rings. The maximum absolute atomic E-state index is 5.84. The fourth-order valence-electron chi connectivity index (χ4n) is 2.92. The van der Waals surface area contributed by atoms with Crippen molar-refractivity contribution in [2.45, 2.75) is 12.2 Å². The summed E-state index contributed by atoms with van der Waals surface area (Å²) in [4.78, 5) is 0. The number of rotatable bonds is 0. The summed E-state index contributed by atoms with van der Waals surface area (Å²) in [5.41, 5.74) is 4.75. The number of dihydropyridines is 1. The molecule has 0 aromatic heterocycles. The maximum Gasteiger partial charge on any atom is 0.202 e. The predicted molar refractivity (Wildman–Crippen MR) is 60.7 cm³/mol. The van der Waals surface area contributed by atoms with Crippen LogP contribution in [0.25, 0.3) is 0 Å². The maximum atomic E-state index is 5.84. The van der Waals surface area contributed by atoms with E-state index in [0.29, 0.717) is 13.2 Å². The lowest BCUT2D eigenvalue weighted by atomic mass is 9.97. The molecular formula is C13H13NO3. The van der Waals surface area contributed by atoms with Crippen LogP contribution in [-0.4, -0.2) is 25.5 Å². The minimum atomic E-state index is -0.595. The van der Waals surface area contributed by atoms with Gasteiger partial charge >= 0.3 is 0 Å². The van der Waals surface area contributed by atoms with E-state index in [2.05, 4.69) is 5.32 Å². The summed E-state index contributed by atoms with van der Waals surface area (Å²) in [6, 6.07) is 0. The average Bonchev–Trinajstić information content (AvgIpc) is 2.84. The van der Waals surface area contributed by atoms with Crippen LogP contribution in [0, 0.1) is 0 Å². The van der Waals surface area contributed by atoms with Gasteiger partial charge in [-0.1, -0.05) is 0 Å². The van der Waals surface area contributed by atoms with Crippen LogP contribution < -0.4 is 5.32 Å². The number of ether oxygens (including phenoxy) is 3. The first-order valence-corrected chi connectivity index (χ1v) is 5.86. The highest BCUT2D eigenvalue weighted by Gasteiger charge is 2.49. The van der Waals surface area contributed by atoms with Gasteiger partial charge in [-0.2, -0.15) is 0 Å². The Kier molecular flexibility index (Phi) is 1.81. The molecule has 4 rings (SSSR count). The number of fused-ring (bicyclic) bond motifs is 1. The van der Waals surface area contributed by atoms with Gasteiger partial charge in [0.15, 0.2) is 0 Å². The van der Waals surface area contributed by atoms with Gasteiger partial charge in [0.05, 0.1) is 31.3 Å². The molecule has 3 heterocycles. The van der Waals surface area contributed by atoms with Crippen LogP contribution in [0.3, 0.4) is 0 Å². The molecule has 0 aromatic carbocycles. The summed E-state index contributed by atoms with van der Waals surface area (Å²) < 4.78 is 17.1. The third-order valence-electron chi connectivity index (χ3n) is 3.61. The van der Waals surface area contributed by atoms with Crippen LogP contribution in [0.15, 0.2) is 47.1 Å². The van der Waals surface area contributed by atoms with E-state index in [1.165, 1.54) is 11.1 Å². The molecule has 0 aromatic rings. The van der Waals surface area contributed by atoms with E-state index in [1.54, 1.807) is 12.5 Å². The van der Waals surface area contributed by atoms with Gasteiger partial charge in [0, 0.05) is 24.7 Å². The smallest absolute Gasteiger partial charge is 0.202 e. The highest BCUT2D eigenvalue weighted by molar-refractivity contribution is 5.62. The second-order valence-corrected chi connectivity index (χ2v) is 4.56. The molecule has 0 bridgehead atoms. The van der Waals surface area contributed by atoms with Crippen molar-refractivity contribution >= 4 is 0 Å². The third kappa shape index (κ3) is 1.19. The van der Waals surface area contributed by atoms with Crippen LogP contribution in [0.4, 0.5) is 0 Å². The van der Waals surface area contributed by atoms with Gasteiger partial charge in [0.25, 0.3) is 0 Å². The quantitative estimate of drug-likeness (QED) is 0.683. The van der Waals surface area contributed by atoms with Crippen LogP contribution in [0.1, 0.15) is 6.42 Å². The Morgan fingerprint density at radius 1 is 1.24 bits per heavy atom. The molecule has 1 fully saturated rings. The normalized spacial score (nSPS) is 28.2. The highest BCUT2D eigenvalue weighted by Crippen LogP contribution is 2.49. The predicted octanol–water partition coefficient (Wildman–Crippen LogP) is 1.34. The topological polar surface area (TPSA) is 39.7 Å². The number of nitrogens with one attached hydrogen (secondary N) is 1. The summed E-state index contributed by atoms with van der Waals surface area (Å²) in [5, 5.41) is 3.28. The molecule has 3 aliphatic heterocycles. The van der Waals surface area contributed by atoms with Crippen molar-refractivity contribution in [3.63, 3.8) is 0 Å². The standard InChI is InChI=1S/C13H13NO3/c1-2-15-8-11-12-9(1)6-14-7-10(12)5-13(11)16-3-4-17-13/h1-2,6,8,14H,3-5,7H2. The molecule has 1 aliphatic carbocycles. The van der Waals surface area contributed by atoms with Crippen molar-refractivity contribution in [1.29, 1.82) is 0 Å². The van der Waals surface area contributed by atoms with E-state index >= 15 is 0 Å². The lowest BCUT2D eigenvalue weighted by molar-refractivity contribution is -0.118. The van der Waals surface area contributed by atoms with Gasteiger partial charge in [-0.25, -0.2) is 0 Å². The summed E-state index contributed by atoms with van der Waals surface area (Å²) in [6.07, 6.45) is 8.24. The van der Waals surface area contributed by atoms with Crippen molar-refractivity contribution in [1.82, 2.24) is 5.32 Å². The average molecular weight is 231 g/mol. The second kappa shape index (κ2) is 3.24. The van der Waals surface area contributed by atoms with E-state index in [9.17, 15) is 0 Å². The van der Waals surface area contributed by atoms with Gasteiger partial charge < -0.3 is 19.5 Å². The summed E-state index contributed by atoms with van der Waals surface area (Å²) >= 11 is 0. The largest absolute Gasteiger partial charge is 0.472 e. The van der Waals surface area contributed by atoms with Crippen molar-refractivity contribution in [3.05, 3.63) is 47.1 Å². The Balaban J connectivity index is 1.88. The second-order valence-electron chi connectivity index (χ2n) is 4.56.